The van der Waals surface area contributed by atoms with E-state index in [9.17, 15) is 15.0 Å². The smallest absolute Gasteiger partial charge is 0.255 e. The number of hydrogen-bond donors (Lipinski definition) is 4. The van der Waals surface area contributed by atoms with Crippen LogP contribution in [0.25, 0.3) is 16.3 Å². The van der Waals surface area contributed by atoms with Crippen molar-refractivity contribution in [1.82, 2.24) is 10.3 Å². The molecule has 5 nitrogen and oxygen atoms in total. The van der Waals surface area contributed by atoms with Crippen molar-refractivity contribution in [3.05, 3.63) is 52.5 Å². The molecule has 6 unspecified atom stereocenters. The molecule has 4 aliphatic rings. The van der Waals surface area contributed by atoms with Gasteiger partial charge in [0.2, 0.25) is 0 Å². The summed E-state index contributed by atoms with van der Waals surface area (Å²) in [7, 11) is 3.75. The Morgan fingerprint density at radius 2 is 1.86 bits per heavy atom. The molecule has 2 aromatic rings. The van der Waals surface area contributed by atoms with E-state index >= 15 is 0 Å². The number of benzene rings is 1. The molecule has 0 amide bonds. The Labute approximate surface area is 219 Å². The first-order valence-electron chi connectivity index (χ1n) is 13.7. The predicted molar refractivity (Wildman–Crippen MR) is 147 cm³/mol. The van der Waals surface area contributed by atoms with E-state index in [1.165, 1.54) is 5.57 Å². The Hall–Kier alpha value is -1.66. The fourth-order valence-electron chi connectivity index (χ4n) is 8.16. The molecule has 0 aliphatic heterocycles. The van der Waals surface area contributed by atoms with Crippen LogP contribution in [-0.2, 0) is 0 Å². The van der Waals surface area contributed by atoms with E-state index in [1.54, 1.807) is 6.20 Å². The van der Waals surface area contributed by atoms with Crippen LogP contribution in [-0.4, -0.2) is 45.9 Å². The molecule has 6 heteroatoms. The van der Waals surface area contributed by atoms with Crippen LogP contribution in [0.3, 0.4) is 0 Å². The van der Waals surface area contributed by atoms with Gasteiger partial charge in [-0.15, -0.1) is 11.6 Å². The largest absolute Gasteiger partial charge is 0.393 e. The van der Waals surface area contributed by atoms with E-state index in [1.807, 2.05) is 32.3 Å². The van der Waals surface area contributed by atoms with Crippen LogP contribution in [0.2, 0.25) is 0 Å². The van der Waals surface area contributed by atoms with Crippen molar-refractivity contribution in [2.45, 2.75) is 81.3 Å². The molecule has 196 valence electrons. The van der Waals surface area contributed by atoms with Crippen molar-refractivity contribution in [1.29, 1.82) is 0 Å². The molecule has 6 rings (SSSR count). The second kappa shape index (κ2) is 9.58. The number of nitrogens with one attached hydrogen (secondary N) is 2. The van der Waals surface area contributed by atoms with Crippen molar-refractivity contribution >= 4 is 27.9 Å². The fourth-order valence-corrected chi connectivity index (χ4v) is 8.68. The number of aliphatic hydroxyl groups is 2. The van der Waals surface area contributed by atoms with Gasteiger partial charge in [0.1, 0.15) is 0 Å². The number of aromatic amines is 1. The third-order valence-electron chi connectivity index (χ3n) is 10.0. The molecule has 0 saturated heterocycles. The van der Waals surface area contributed by atoms with Gasteiger partial charge in [-0.1, -0.05) is 25.1 Å². The SMILES string of the molecule is CC12CCC3(Cl)CC4CC(O)CCC4CC[C@]3(O)C1CC=C2c1ccc2cc[nH]c(=O)c2c1.CNC. The molecule has 1 aromatic heterocycles. The first-order valence-corrected chi connectivity index (χ1v) is 14.0. The van der Waals surface area contributed by atoms with E-state index in [-0.39, 0.29) is 23.0 Å². The highest BCUT2D eigenvalue weighted by Crippen LogP contribution is 2.67. The first-order chi connectivity index (χ1) is 17.1. The summed E-state index contributed by atoms with van der Waals surface area (Å²) in [4.78, 5) is 14.6. The van der Waals surface area contributed by atoms with Gasteiger partial charge in [-0.05, 0) is 118 Å². The van der Waals surface area contributed by atoms with Gasteiger partial charge in [0.05, 0.1) is 16.6 Å². The highest BCUT2D eigenvalue weighted by Gasteiger charge is 2.65. The highest BCUT2D eigenvalue weighted by molar-refractivity contribution is 6.25. The van der Waals surface area contributed by atoms with Crippen LogP contribution in [0.15, 0.2) is 41.3 Å². The van der Waals surface area contributed by atoms with E-state index in [0.717, 1.165) is 68.7 Å². The number of halogens is 1. The van der Waals surface area contributed by atoms with Crippen LogP contribution in [0.4, 0.5) is 0 Å². The van der Waals surface area contributed by atoms with Gasteiger partial charge in [0.15, 0.2) is 0 Å². The zero-order valence-electron chi connectivity index (χ0n) is 21.8. The molecule has 0 spiro atoms. The molecule has 1 heterocycles. The Bertz CT molecular complexity index is 1210. The summed E-state index contributed by atoms with van der Waals surface area (Å²) in [6.07, 6.45) is 11.6. The van der Waals surface area contributed by atoms with Gasteiger partial charge >= 0.3 is 0 Å². The molecule has 3 fully saturated rings. The fraction of sp³-hybridized carbons (Fsp3) is 0.633. The number of hydrogen-bond acceptors (Lipinski definition) is 4. The Kier molecular flexibility index (Phi) is 6.91. The molecule has 36 heavy (non-hydrogen) atoms. The third-order valence-corrected chi connectivity index (χ3v) is 10.7. The summed E-state index contributed by atoms with van der Waals surface area (Å²) < 4.78 is 0. The van der Waals surface area contributed by atoms with E-state index in [0.29, 0.717) is 17.2 Å². The Balaban J connectivity index is 0.000000848. The number of allylic oxidation sites excluding steroid dienone is 2. The van der Waals surface area contributed by atoms with Gasteiger partial charge in [0.25, 0.3) is 5.56 Å². The average Bonchev–Trinajstić information content (AvgIpc) is 3.15. The van der Waals surface area contributed by atoms with E-state index in [4.69, 9.17) is 11.6 Å². The van der Waals surface area contributed by atoms with Gasteiger partial charge in [-0.3, -0.25) is 4.79 Å². The second-order valence-electron chi connectivity index (χ2n) is 12.1. The number of fused-ring (bicyclic) bond motifs is 5. The van der Waals surface area contributed by atoms with E-state index in [2.05, 4.69) is 29.4 Å². The number of aliphatic hydroxyl groups excluding tert-OH is 1. The lowest BCUT2D eigenvalue weighted by molar-refractivity contribution is -0.118. The minimum absolute atomic E-state index is 0.0646. The van der Waals surface area contributed by atoms with Crippen LogP contribution in [0.1, 0.15) is 70.3 Å². The molecule has 3 saturated carbocycles. The van der Waals surface area contributed by atoms with Crippen LogP contribution in [0, 0.1) is 23.2 Å². The minimum Gasteiger partial charge on any atom is -0.393 e. The van der Waals surface area contributed by atoms with Gasteiger partial charge in [-0.2, -0.15) is 0 Å². The quantitative estimate of drug-likeness (QED) is 0.394. The second-order valence-corrected chi connectivity index (χ2v) is 12.8. The lowest BCUT2D eigenvalue weighted by Crippen LogP contribution is -2.62. The summed E-state index contributed by atoms with van der Waals surface area (Å²) in [6.45, 7) is 2.30. The van der Waals surface area contributed by atoms with Crippen LogP contribution >= 0.6 is 11.6 Å². The zero-order valence-corrected chi connectivity index (χ0v) is 22.6. The Morgan fingerprint density at radius 3 is 2.64 bits per heavy atom. The minimum atomic E-state index is -0.920. The van der Waals surface area contributed by atoms with Gasteiger partial charge in [-0.25, -0.2) is 0 Å². The zero-order chi connectivity index (χ0) is 25.7. The molecule has 4 N–H and O–H groups in total. The van der Waals surface area contributed by atoms with Gasteiger partial charge in [0, 0.05) is 17.5 Å². The maximum atomic E-state index is 12.4. The summed E-state index contributed by atoms with van der Waals surface area (Å²) >= 11 is 7.41. The van der Waals surface area contributed by atoms with E-state index < -0.39 is 10.5 Å². The summed E-state index contributed by atoms with van der Waals surface area (Å²) in [5.41, 5.74) is 1.18. The number of alkyl halides is 1. The third kappa shape index (κ3) is 4.07. The van der Waals surface area contributed by atoms with Crippen molar-refractivity contribution in [2.75, 3.05) is 14.1 Å². The Morgan fingerprint density at radius 1 is 1.08 bits per heavy atom. The average molecular weight is 513 g/mol. The molecule has 0 bridgehead atoms. The van der Waals surface area contributed by atoms with Crippen molar-refractivity contribution < 1.29 is 10.2 Å². The van der Waals surface area contributed by atoms with Crippen molar-refractivity contribution in [3.63, 3.8) is 0 Å². The molecule has 7 atom stereocenters. The lowest BCUT2D eigenvalue weighted by atomic mass is 9.53. The first kappa shape index (κ1) is 26.0. The topological polar surface area (TPSA) is 85.3 Å². The highest BCUT2D eigenvalue weighted by atomic mass is 35.5. The lowest BCUT2D eigenvalue weighted by Gasteiger charge is -2.57. The normalized spacial score (nSPS) is 39.7. The predicted octanol–water partition coefficient (Wildman–Crippen LogP) is 5.24. The standard InChI is InChI=1S/C28H34ClNO3.C2H7N/c1-26-11-12-27(29)16-20-14-21(31)5-4-17(20)8-10-28(27,33)24(26)7-6-23(26)19-3-2-18-9-13-30-25(32)22(18)15-19;1-3-2/h2-3,6,9,13,15,17,20-21,24,31,33H,4-5,7-8,10-12,14,16H2,1H3,(H,30,32);3H,1-2H3/t17?,20?,21?,24?,26?,27?,28-;/m0./s1. The number of pyridine rings is 1. The van der Waals surface area contributed by atoms with Crippen LogP contribution in [0.5, 0.6) is 0 Å². The maximum absolute atomic E-state index is 12.4. The van der Waals surface area contributed by atoms with Crippen molar-refractivity contribution in [3.8, 4) is 0 Å². The van der Waals surface area contributed by atoms with Gasteiger partial charge < -0.3 is 20.5 Å². The number of rotatable bonds is 1. The molecule has 0 radical (unpaired) electrons. The maximum Gasteiger partial charge on any atom is 0.255 e. The molecule has 1 aromatic carbocycles. The van der Waals surface area contributed by atoms with Crippen molar-refractivity contribution in [2.24, 2.45) is 23.2 Å². The molecular formula is C30H41ClN2O3. The number of aromatic nitrogens is 1. The monoisotopic (exact) mass is 512 g/mol. The molecular weight excluding hydrogens is 472 g/mol. The molecule has 4 aliphatic carbocycles. The number of H-pyrrole nitrogens is 1. The summed E-state index contributed by atoms with van der Waals surface area (Å²) in [6, 6.07) is 8.10. The summed E-state index contributed by atoms with van der Waals surface area (Å²) in [5.74, 6) is 1.04. The summed E-state index contributed by atoms with van der Waals surface area (Å²) in [5, 5.41) is 27.1. The van der Waals surface area contributed by atoms with Crippen LogP contribution < -0.4 is 10.9 Å².